The molecule has 0 saturated heterocycles. The molecule has 0 aliphatic rings. The fraction of sp³-hybridized carbons (Fsp3) is 0.222. The molecule has 1 atom stereocenters. The van der Waals surface area contributed by atoms with Crippen LogP contribution >= 0.6 is 20.8 Å². The maximum atomic E-state index is 13.5. The molecule has 0 aliphatic carbocycles. The fourth-order valence-corrected chi connectivity index (χ4v) is 2.78. The Morgan fingerprint density at radius 3 is 2.78 bits per heavy atom. The molecule has 1 N–H and O–H groups in total. The van der Waals surface area contributed by atoms with E-state index < -0.39 is 5.66 Å². The average molecular weight is 631 g/mol. The number of halogens is 3. The van der Waals surface area contributed by atoms with E-state index in [9.17, 15) is 8.78 Å². The number of benzene rings is 1. The minimum Gasteiger partial charge on any atom is -0.367 e. The Balaban J connectivity index is 0.00000261. The maximum absolute atomic E-state index is 13.5. The number of nitrogens with zero attached hydrogens (tertiary/aromatic N) is 3. The van der Waals surface area contributed by atoms with Crippen LogP contribution in [0, 0.1) is 44.1 Å². The third-order valence-corrected chi connectivity index (χ3v) is 4.17. The zero-order valence-electron chi connectivity index (χ0n) is 14.3. The SMILES string of the molecule is [CH2-]CCc1nc(NCc2[c-]c(C(F)(F)P)ccc2)c2cc(Cl)ncc2n1.[U+2]. The van der Waals surface area contributed by atoms with Gasteiger partial charge in [0.15, 0.2) is 0 Å². The van der Waals surface area contributed by atoms with E-state index in [4.69, 9.17) is 11.6 Å². The molecule has 0 amide bonds. The monoisotopic (exact) mass is 630 g/mol. The normalized spacial score (nSPS) is 11.3. The molecule has 0 spiro atoms. The second-order valence-corrected chi connectivity index (χ2v) is 6.79. The summed E-state index contributed by atoms with van der Waals surface area (Å²) >= 11 is 5.98. The molecule has 3 aromatic rings. The van der Waals surface area contributed by atoms with Gasteiger partial charge in [0.1, 0.15) is 16.8 Å². The predicted molar refractivity (Wildman–Crippen MR) is 102 cm³/mol. The Hall–Kier alpha value is -0.858. The van der Waals surface area contributed by atoms with Gasteiger partial charge < -0.3 is 12.2 Å². The van der Waals surface area contributed by atoms with E-state index in [2.05, 4.69) is 33.3 Å². The van der Waals surface area contributed by atoms with Crippen molar-refractivity contribution in [3.8, 4) is 0 Å². The first-order valence-corrected chi connectivity index (χ1v) is 8.86. The van der Waals surface area contributed by atoms with Crippen molar-refractivity contribution in [2.24, 2.45) is 0 Å². The molecule has 0 saturated carbocycles. The van der Waals surface area contributed by atoms with Gasteiger partial charge in [0.25, 0.3) is 5.66 Å². The molecule has 0 bridgehead atoms. The van der Waals surface area contributed by atoms with Crippen molar-refractivity contribution in [2.75, 3.05) is 5.32 Å². The summed E-state index contributed by atoms with van der Waals surface area (Å²) in [6.45, 7) is 4.10. The molecule has 2 aromatic heterocycles. The molecular formula is C18H16ClF2N4PU. The van der Waals surface area contributed by atoms with Crippen molar-refractivity contribution in [1.29, 1.82) is 0 Å². The summed E-state index contributed by atoms with van der Waals surface area (Å²) < 4.78 is 26.9. The number of pyridine rings is 1. The molecule has 9 heteroatoms. The third kappa shape index (κ3) is 5.81. The number of hydrogen-bond donors (Lipinski definition) is 1. The molecule has 3 rings (SSSR count). The second kappa shape index (κ2) is 9.56. The summed E-state index contributed by atoms with van der Waals surface area (Å²) in [5.74, 6) is 1.20. The van der Waals surface area contributed by atoms with Gasteiger partial charge in [-0.1, -0.05) is 26.4 Å². The predicted octanol–water partition coefficient (Wildman–Crippen LogP) is 4.78. The Labute approximate surface area is 187 Å². The van der Waals surface area contributed by atoms with E-state index >= 15 is 0 Å². The second-order valence-electron chi connectivity index (χ2n) is 5.68. The van der Waals surface area contributed by atoms with Crippen molar-refractivity contribution >= 4 is 37.6 Å². The Kier molecular flexibility index (Phi) is 7.95. The first kappa shape index (κ1) is 22.4. The third-order valence-electron chi connectivity index (χ3n) is 3.66. The Morgan fingerprint density at radius 2 is 2.07 bits per heavy atom. The topological polar surface area (TPSA) is 50.7 Å². The zero-order chi connectivity index (χ0) is 18.7. The van der Waals surface area contributed by atoms with Crippen LogP contribution in [0.3, 0.4) is 0 Å². The number of anilines is 1. The van der Waals surface area contributed by atoms with Gasteiger partial charge in [-0.3, -0.25) is 0 Å². The largest absolute Gasteiger partial charge is 2.00 e. The molecule has 0 aliphatic heterocycles. The average Bonchev–Trinajstić information content (AvgIpc) is 2.60. The quantitative estimate of drug-likeness (QED) is 0.242. The van der Waals surface area contributed by atoms with E-state index in [1.165, 1.54) is 15.3 Å². The first-order chi connectivity index (χ1) is 12.4. The van der Waals surface area contributed by atoms with Crippen LogP contribution in [-0.2, 0) is 18.6 Å². The fourth-order valence-electron chi connectivity index (χ4n) is 2.45. The van der Waals surface area contributed by atoms with Crippen LogP contribution < -0.4 is 5.32 Å². The molecule has 138 valence electrons. The van der Waals surface area contributed by atoms with Gasteiger partial charge >= 0.3 is 31.1 Å². The minimum atomic E-state index is -3.02. The molecule has 1 unspecified atom stereocenters. The Bertz CT molecular complexity index is 937. The number of aryl methyl sites for hydroxylation is 1. The van der Waals surface area contributed by atoms with Crippen LogP contribution in [0.2, 0.25) is 5.15 Å². The zero-order valence-corrected chi connectivity index (χ0v) is 20.3. The molecular weight excluding hydrogens is 615 g/mol. The summed E-state index contributed by atoms with van der Waals surface area (Å²) in [6, 6.07) is 9.04. The van der Waals surface area contributed by atoms with E-state index in [1.807, 2.05) is 0 Å². The van der Waals surface area contributed by atoms with Crippen molar-refractivity contribution in [2.45, 2.75) is 25.1 Å². The van der Waals surface area contributed by atoms with E-state index in [-0.39, 0.29) is 43.2 Å². The van der Waals surface area contributed by atoms with Gasteiger partial charge in [-0.05, 0) is 12.5 Å². The molecule has 27 heavy (non-hydrogen) atoms. The molecule has 1 aromatic carbocycles. The number of rotatable bonds is 6. The Morgan fingerprint density at radius 1 is 1.30 bits per heavy atom. The van der Waals surface area contributed by atoms with Gasteiger partial charge in [0.2, 0.25) is 0 Å². The number of fused-ring (bicyclic) bond motifs is 1. The summed E-state index contributed by atoms with van der Waals surface area (Å²) in [5, 5.41) is 4.21. The van der Waals surface area contributed by atoms with Crippen LogP contribution in [-0.4, -0.2) is 15.0 Å². The van der Waals surface area contributed by atoms with Crippen LogP contribution in [0.15, 0.2) is 30.5 Å². The maximum Gasteiger partial charge on any atom is 2.00 e. The molecule has 0 fully saturated rings. The van der Waals surface area contributed by atoms with Crippen LogP contribution in [0.5, 0.6) is 0 Å². The van der Waals surface area contributed by atoms with Crippen molar-refractivity contribution < 1.29 is 39.9 Å². The number of nitrogens with one attached hydrogen (secondary N) is 1. The van der Waals surface area contributed by atoms with Gasteiger partial charge in [0, 0.05) is 11.9 Å². The standard InChI is InChI=1S/C18H16ClF2N4P.U/c1-2-4-16-24-14-10-22-15(19)8-13(14)17(25-16)23-9-11-5-3-6-12(7-11)18(20,21)26;/h3,5-6,8,10H,1-2,4,9,26H2,(H,23,24,25);/q-2;+2. The van der Waals surface area contributed by atoms with Crippen molar-refractivity contribution in [3.05, 3.63) is 65.6 Å². The number of aromatic nitrogens is 3. The van der Waals surface area contributed by atoms with E-state index in [0.29, 0.717) is 46.1 Å². The molecule has 4 nitrogen and oxygen atoms in total. The van der Waals surface area contributed by atoms with Gasteiger partial charge in [-0.25, -0.2) is 15.0 Å². The number of hydrogen-bond acceptors (Lipinski definition) is 4. The van der Waals surface area contributed by atoms with Crippen LogP contribution in [0.1, 0.15) is 23.4 Å². The number of alkyl halides is 2. The van der Waals surface area contributed by atoms with Crippen LogP contribution in [0.4, 0.5) is 14.6 Å². The van der Waals surface area contributed by atoms with E-state index in [1.54, 1.807) is 24.4 Å². The smallest absolute Gasteiger partial charge is 0.367 e. The van der Waals surface area contributed by atoms with Crippen molar-refractivity contribution in [1.82, 2.24) is 15.0 Å². The summed E-state index contributed by atoms with van der Waals surface area (Å²) in [4.78, 5) is 13.0. The minimum absolute atomic E-state index is 0. The molecule has 0 radical (unpaired) electrons. The van der Waals surface area contributed by atoms with Crippen LogP contribution in [0.25, 0.3) is 10.9 Å². The summed E-state index contributed by atoms with van der Waals surface area (Å²) in [6.07, 6.45) is 2.86. The van der Waals surface area contributed by atoms with Gasteiger partial charge in [0.05, 0.1) is 11.7 Å². The summed E-state index contributed by atoms with van der Waals surface area (Å²) in [5.41, 5.74) is -1.95. The van der Waals surface area contributed by atoms with Crippen molar-refractivity contribution in [3.63, 3.8) is 0 Å². The van der Waals surface area contributed by atoms with E-state index in [0.717, 1.165) is 0 Å². The summed E-state index contributed by atoms with van der Waals surface area (Å²) in [7, 11) is 1.52. The molecule has 2 heterocycles. The first-order valence-electron chi connectivity index (χ1n) is 7.90. The van der Waals surface area contributed by atoms with Gasteiger partial charge in [-0.2, -0.15) is 39.5 Å². The van der Waals surface area contributed by atoms with Gasteiger partial charge in [-0.15, -0.1) is 5.56 Å².